The van der Waals surface area contributed by atoms with Gasteiger partial charge in [0.15, 0.2) is 0 Å². The fraction of sp³-hybridized carbons (Fsp3) is 0.857. The summed E-state index contributed by atoms with van der Waals surface area (Å²) in [6.45, 7) is -0.148. The summed E-state index contributed by atoms with van der Waals surface area (Å²) < 4.78 is 0. The Hall–Kier alpha value is -0.300. The maximum absolute atomic E-state index is 11.3. The third-order valence-electron chi connectivity index (χ3n) is 1.51. The third kappa shape index (κ3) is 4.47. The lowest BCUT2D eigenvalue weighted by molar-refractivity contribution is -0.140. The Morgan fingerprint density at radius 3 is 2.08 bits per heavy atom. The molecule has 0 heterocycles. The van der Waals surface area contributed by atoms with Gasteiger partial charge >= 0.3 is 0 Å². The van der Waals surface area contributed by atoms with Gasteiger partial charge in [-0.3, -0.25) is 4.79 Å². The molecule has 0 aromatic rings. The van der Waals surface area contributed by atoms with Crippen LogP contribution in [0.2, 0.25) is 0 Å². The van der Waals surface area contributed by atoms with E-state index in [-0.39, 0.29) is 32.1 Å². The zero-order valence-corrected chi connectivity index (χ0v) is 8.15. The van der Waals surface area contributed by atoms with E-state index in [0.717, 1.165) is 0 Å². The molecule has 0 spiro atoms. The van der Waals surface area contributed by atoms with Crippen molar-refractivity contribution in [2.24, 2.45) is 0 Å². The lowest BCUT2D eigenvalue weighted by Crippen LogP contribution is -2.43. The van der Waals surface area contributed by atoms with Crippen molar-refractivity contribution in [3.63, 3.8) is 0 Å². The summed E-state index contributed by atoms with van der Waals surface area (Å²) in [6.07, 6.45) is -1.17. The molecule has 0 saturated heterocycles. The van der Waals surface area contributed by atoms with E-state index >= 15 is 0 Å². The van der Waals surface area contributed by atoms with Gasteiger partial charge in [-0.2, -0.15) is 12.6 Å². The monoisotopic (exact) mass is 209 g/mol. The van der Waals surface area contributed by atoms with Crippen LogP contribution in [0.15, 0.2) is 0 Å². The van der Waals surface area contributed by atoms with Gasteiger partial charge in [0.05, 0.1) is 13.2 Å². The normalized spacial score (nSPS) is 12.6. The maximum Gasteiger partial charge on any atom is 0.252 e. The van der Waals surface area contributed by atoms with Crippen molar-refractivity contribution < 1.29 is 20.1 Å². The van der Waals surface area contributed by atoms with Gasteiger partial charge in [-0.15, -0.1) is 0 Å². The van der Waals surface area contributed by atoms with Gasteiger partial charge < -0.3 is 20.2 Å². The number of hydrogen-bond donors (Lipinski definition) is 4. The molecule has 0 radical (unpaired) electrons. The number of nitrogens with zero attached hydrogens (tertiary/aromatic N) is 1. The number of aliphatic hydroxyl groups excluding tert-OH is 3. The van der Waals surface area contributed by atoms with E-state index < -0.39 is 12.0 Å². The SMILES string of the molecule is O=C(C(O)CS)N(CCO)CCO. The van der Waals surface area contributed by atoms with Crippen LogP contribution in [-0.4, -0.2) is 64.3 Å². The van der Waals surface area contributed by atoms with Gasteiger partial charge in [-0.05, 0) is 0 Å². The van der Waals surface area contributed by atoms with Gasteiger partial charge in [0.25, 0.3) is 5.91 Å². The minimum absolute atomic E-state index is 0.0339. The summed E-state index contributed by atoms with van der Waals surface area (Å²) in [5, 5.41) is 26.3. The molecule has 0 aliphatic carbocycles. The predicted molar refractivity (Wildman–Crippen MR) is 50.6 cm³/mol. The first-order valence-corrected chi connectivity index (χ1v) is 4.60. The van der Waals surface area contributed by atoms with Gasteiger partial charge in [0, 0.05) is 18.8 Å². The molecule has 5 nitrogen and oxygen atoms in total. The highest BCUT2D eigenvalue weighted by Crippen LogP contribution is 1.96. The molecule has 1 atom stereocenters. The number of aliphatic hydroxyl groups is 3. The minimum atomic E-state index is -1.17. The van der Waals surface area contributed by atoms with Gasteiger partial charge in [0.2, 0.25) is 0 Å². The van der Waals surface area contributed by atoms with Gasteiger partial charge in [0.1, 0.15) is 6.10 Å². The molecule has 13 heavy (non-hydrogen) atoms. The summed E-state index contributed by atoms with van der Waals surface area (Å²) in [6, 6.07) is 0. The summed E-state index contributed by atoms with van der Waals surface area (Å²) in [4.78, 5) is 12.5. The number of rotatable bonds is 6. The highest BCUT2D eigenvalue weighted by molar-refractivity contribution is 7.80. The average molecular weight is 209 g/mol. The number of carbonyl (C=O) groups is 1. The fourth-order valence-electron chi connectivity index (χ4n) is 0.862. The third-order valence-corrected chi connectivity index (χ3v) is 1.86. The largest absolute Gasteiger partial charge is 0.395 e. The van der Waals surface area contributed by atoms with Crippen LogP contribution in [0, 0.1) is 0 Å². The zero-order chi connectivity index (χ0) is 10.3. The Morgan fingerprint density at radius 2 is 1.77 bits per heavy atom. The number of amides is 1. The van der Waals surface area contributed by atoms with E-state index in [0.29, 0.717) is 0 Å². The van der Waals surface area contributed by atoms with Gasteiger partial charge in [-0.1, -0.05) is 0 Å². The van der Waals surface area contributed by atoms with E-state index in [1.165, 1.54) is 4.90 Å². The summed E-state index contributed by atoms with van der Waals surface area (Å²) >= 11 is 3.76. The summed E-state index contributed by atoms with van der Waals surface area (Å²) in [7, 11) is 0. The molecule has 3 N–H and O–H groups in total. The van der Waals surface area contributed by atoms with Crippen molar-refractivity contribution in [3.8, 4) is 0 Å². The molecule has 1 amide bonds. The summed E-state index contributed by atoms with van der Waals surface area (Å²) in [5.74, 6) is -0.482. The Balaban J connectivity index is 4.09. The van der Waals surface area contributed by atoms with Crippen molar-refractivity contribution in [2.75, 3.05) is 32.1 Å². The molecule has 0 aromatic heterocycles. The van der Waals surface area contributed by atoms with E-state index in [4.69, 9.17) is 15.3 Å². The van der Waals surface area contributed by atoms with Crippen molar-refractivity contribution in [2.45, 2.75) is 6.10 Å². The van der Waals surface area contributed by atoms with Gasteiger partial charge in [-0.25, -0.2) is 0 Å². The van der Waals surface area contributed by atoms with Crippen molar-refractivity contribution in [3.05, 3.63) is 0 Å². The lowest BCUT2D eigenvalue weighted by atomic mass is 10.3. The molecule has 0 fully saturated rings. The minimum Gasteiger partial charge on any atom is -0.395 e. The second kappa shape index (κ2) is 7.14. The quantitative estimate of drug-likeness (QED) is 0.385. The summed E-state index contributed by atoms with van der Waals surface area (Å²) in [5.41, 5.74) is 0. The molecule has 0 aromatic carbocycles. The highest BCUT2D eigenvalue weighted by atomic mass is 32.1. The van der Waals surface area contributed by atoms with Crippen LogP contribution in [0.4, 0.5) is 0 Å². The maximum atomic E-state index is 11.3. The van der Waals surface area contributed by atoms with Crippen LogP contribution < -0.4 is 0 Å². The van der Waals surface area contributed by atoms with E-state index in [1.54, 1.807) is 0 Å². The van der Waals surface area contributed by atoms with Crippen LogP contribution in [-0.2, 0) is 4.79 Å². The lowest BCUT2D eigenvalue weighted by Gasteiger charge is -2.22. The Morgan fingerprint density at radius 1 is 1.31 bits per heavy atom. The van der Waals surface area contributed by atoms with Crippen LogP contribution in [0.5, 0.6) is 0 Å². The Labute approximate surface area is 82.4 Å². The molecule has 0 rings (SSSR count). The van der Waals surface area contributed by atoms with Crippen LogP contribution >= 0.6 is 12.6 Å². The first kappa shape index (κ1) is 12.7. The Bertz CT molecular complexity index is 149. The standard InChI is InChI=1S/C7H15NO4S/c9-3-1-8(2-4-10)7(12)6(11)5-13/h6,9-11,13H,1-5H2. The van der Waals surface area contributed by atoms with Crippen molar-refractivity contribution in [1.82, 2.24) is 4.90 Å². The predicted octanol–water partition coefficient (Wildman–Crippen LogP) is -1.91. The van der Waals surface area contributed by atoms with Crippen molar-refractivity contribution in [1.29, 1.82) is 0 Å². The van der Waals surface area contributed by atoms with E-state index in [1.807, 2.05) is 0 Å². The number of thiol groups is 1. The first-order valence-electron chi connectivity index (χ1n) is 3.96. The number of carbonyl (C=O) groups excluding carboxylic acids is 1. The van der Waals surface area contributed by atoms with Crippen LogP contribution in [0.25, 0.3) is 0 Å². The second-order valence-corrected chi connectivity index (χ2v) is 2.84. The molecule has 0 aliphatic heterocycles. The van der Waals surface area contributed by atoms with E-state index in [2.05, 4.69) is 12.6 Å². The molecule has 0 saturated carbocycles. The van der Waals surface area contributed by atoms with Crippen molar-refractivity contribution >= 4 is 18.5 Å². The van der Waals surface area contributed by atoms with Crippen LogP contribution in [0.1, 0.15) is 0 Å². The molecule has 0 aliphatic rings. The Kier molecular flexibility index (Phi) is 6.97. The fourth-order valence-corrected chi connectivity index (χ4v) is 1.02. The molecule has 1 unspecified atom stereocenters. The molecular weight excluding hydrogens is 194 g/mol. The zero-order valence-electron chi connectivity index (χ0n) is 7.26. The second-order valence-electron chi connectivity index (χ2n) is 2.47. The smallest absolute Gasteiger partial charge is 0.252 e. The highest BCUT2D eigenvalue weighted by Gasteiger charge is 2.19. The number of hydrogen-bond acceptors (Lipinski definition) is 5. The molecular formula is C7H15NO4S. The first-order chi connectivity index (χ1) is 6.17. The average Bonchev–Trinajstić information content (AvgIpc) is 2.15. The molecule has 0 bridgehead atoms. The topological polar surface area (TPSA) is 81.0 Å². The van der Waals surface area contributed by atoms with Crippen LogP contribution in [0.3, 0.4) is 0 Å². The molecule has 6 heteroatoms. The molecule has 78 valence electrons. The van der Waals surface area contributed by atoms with E-state index in [9.17, 15) is 4.79 Å².